The number of esters is 1. The zero-order chi connectivity index (χ0) is 28.8. The van der Waals surface area contributed by atoms with Gasteiger partial charge in [0.1, 0.15) is 11.9 Å². The fourth-order valence-corrected chi connectivity index (χ4v) is 4.90. The number of benzene rings is 2. The topological polar surface area (TPSA) is 157 Å². The minimum atomic E-state index is -0.678. The van der Waals surface area contributed by atoms with Crippen LogP contribution in [0.4, 0.5) is 26.2 Å². The van der Waals surface area contributed by atoms with Gasteiger partial charge in [-0.25, -0.2) is 14.0 Å². The number of hydrogen-bond acceptors (Lipinski definition) is 8. The average Bonchev–Trinajstić information content (AvgIpc) is 3.32. The molecule has 2 fully saturated rings. The van der Waals surface area contributed by atoms with E-state index in [0.717, 1.165) is 0 Å². The van der Waals surface area contributed by atoms with Gasteiger partial charge in [0.05, 0.1) is 35.7 Å². The van der Waals surface area contributed by atoms with Gasteiger partial charge < -0.3 is 24.6 Å². The van der Waals surface area contributed by atoms with Crippen molar-refractivity contribution >= 4 is 63.5 Å². The second-order valence-electron chi connectivity index (χ2n) is 8.99. The third-order valence-electron chi connectivity index (χ3n) is 6.33. The molecule has 2 heterocycles. The van der Waals surface area contributed by atoms with Gasteiger partial charge in [0, 0.05) is 41.6 Å². The number of carbonyl (C=O) groups excluding carboxylic acids is 4. The number of hydrogen-bond donors (Lipinski definition) is 1. The summed E-state index contributed by atoms with van der Waals surface area (Å²) in [7, 11) is 0. The van der Waals surface area contributed by atoms with Crippen LogP contribution in [0.3, 0.4) is 0 Å². The molecule has 2 aliphatic heterocycles. The molecule has 0 radical (unpaired) electrons. The van der Waals surface area contributed by atoms with Crippen LogP contribution >= 0.6 is 22.6 Å². The van der Waals surface area contributed by atoms with Crippen molar-refractivity contribution < 1.29 is 33.0 Å². The van der Waals surface area contributed by atoms with E-state index in [1.807, 2.05) is 22.6 Å². The fourth-order valence-electron chi connectivity index (χ4n) is 4.28. The van der Waals surface area contributed by atoms with E-state index in [-0.39, 0.29) is 30.5 Å². The van der Waals surface area contributed by atoms with Crippen molar-refractivity contribution in [3.05, 3.63) is 61.8 Å². The zero-order valence-corrected chi connectivity index (χ0v) is 23.5. The van der Waals surface area contributed by atoms with Gasteiger partial charge in [-0.1, -0.05) is 11.2 Å². The zero-order valence-electron chi connectivity index (χ0n) is 21.4. The number of azide groups is 1. The van der Waals surface area contributed by atoms with Crippen LogP contribution in [0.1, 0.15) is 17.3 Å². The average molecular weight is 665 g/mol. The molecule has 13 nitrogen and oxygen atoms in total. The third-order valence-corrected chi connectivity index (χ3v) is 7.20. The van der Waals surface area contributed by atoms with Crippen LogP contribution < -0.4 is 15.1 Å². The molecule has 2 aliphatic rings. The quantitative estimate of drug-likeness (QED) is 0.149. The van der Waals surface area contributed by atoms with Crippen LogP contribution in [0.25, 0.3) is 10.4 Å². The number of cyclic esters (lactones) is 1. The highest BCUT2D eigenvalue weighted by Gasteiger charge is 2.33. The van der Waals surface area contributed by atoms with Gasteiger partial charge in [0.15, 0.2) is 6.61 Å². The molecule has 15 heteroatoms. The van der Waals surface area contributed by atoms with E-state index in [0.29, 0.717) is 46.8 Å². The number of nitrogens with one attached hydrogen (secondary N) is 1. The standard InChI is InChI=1S/C25H25FIN7O6/c1-15(35)29-12-18-13-34(25(38)40-18)17-3-5-22(19(26)11-17)32-6-8-33(9-7-32)23(36)14-39-24(37)16-2-4-21(30-31-28)20(27)10-16/h2-5,10-11,18H,6-9,12-14H2,1H3,(H,29,35). The Bertz CT molecular complexity index is 1380. The molecule has 1 N–H and O–H groups in total. The van der Waals surface area contributed by atoms with Crippen molar-refractivity contribution in [1.82, 2.24) is 10.2 Å². The Morgan fingerprint density at radius 3 is 2.60 bits per heavy atom. The second kappa shape index (κ2) is 12.8. The smallest absolute Gasteiger partial charge is 0.414 e. The number of carbonyl (C=O) groups is 4. The van der Waals surface area contributed by atoms with Crippen molar-refractivity contribution in [3.63, 3.8) is 0 Å². The van der Waals surface area contributed by atoms with E-state index < -0.39 is 30.6 Å². The molecule has 210 valence electrons. The SMILES string of the molecule is CC(=O)NCC1CN(c2ccc(N3CCN(C(=O)COC(=O)c4ccc(N=[N+]=[N-])c(I)c4)CC3)c(F)c2)C(=O)O1. The summed E-state index contributed by atoms with van der Waals surface area (Å²) >= 11 is 1.93. The molecule has 2 aromatic rings. The van der Waals surface area contributed by atoms with E-state index in [2.05, 4.69) is 15.3 Å². The summed E-state index contributed by atoms with van der Waals surface area (Å²) in [6.07, 6.45) is -1.15. The minimum absolute atomic E-state index is 0.172. The maximum atomic E-state index is 15.0. The molecule has 40 heavy (non-hydrogen) atoms. The molecule has 1 unspecified atom stereocenters. The second-order valence-corrected chi connectivity index (χ2v) is 10.2. The summed E-state index contributed by atoms with van der Waals surface area (Å²) in [4.78, 5) is 55.7. The van der Waals surface area contributed by atoms with Crippen LogP contribution in [0, 0.1) is 9.39 Å². The molecule has 4 rings (SSSR count). The number of rotatable bonds is 8. The fraction of sp³-hybridized carbons (Fsp3) is 0.360. The van der Waals surface area contributed by atoms with Crippen LogP contribution in [0.2, 0.25) is 0 Å². The van der Waals surface area contributed by atoms with Gasteiger partial charge in [-0.2, -0.15) is 0 Å². The molecule has 0 aromatic heterocycles. The number of anilines is 2. The monoisotopic (exact) mass is 665 g/mol. The Morgan fingerprint density at radius 2 is 1.95 bits per heavy atom. The lowest BCUT2D eigenvalue weighted by Gasteiger charge is -2.36. The Labute approximate surface area is 241 Å². The van der Waals surface area contributed by atoms with Crippen molar-refractivity contribution in [1.29, 1.82) is 0 Å². The highest BCUT2D eigenvalue weighted by molar-refractivity contribution is 14.1. The molecule has 0 spiro atoms. The van der Waals surface area contributed by atoms with E-state index in [1.165, 1.54) is 36.1 Å². The molecular formula is C25H25FIN7O6. The highest BCUT2D eigenvalue weighted by atomic mass is 127. The molecule has 2 saturated heterocycles. The molecule has 3 amide bonds. The normalized spacial score (nSPS) is 16.7. The minimum Gasteiger partial charge on any atom is -0.452 e. The van der Waals surface area contributed by atoms with Gasteiger partial charge >= 0.3 is 12.1 Å². The first-order valence-corrected chi connectivity index (χ1v) is 13.3. The van der Waals surface area contributed by atoms with Crippen LogP contribution in [-0.4, -0.2) is 80.8 Å². The van der Waals surface area contributed by atoms with Crippen molar-refractivity contribution in [3.8, 4) is 0 Å². The van der Waals surface area contributed by atoms with Crippen LogP contribution in [-0.2, 0) is 19.1 Å². The molecule has 0 saturated carbocycles. The molecular weight excluding hydrogens is 640 g/mol. The number of amides is 3. The summed E-state index contributed by atoms with van der Waals surface area (Å²) < 4.78 is 26.0. The summed E-state index contributed by atoms with van der Waals surface area (Å²) in [5, 5.41) is 6.11. The lowest BCUT2D eigenvalue weighted by atomic mass is 10.2. The first-order valence-electron chi connectivity index (χ1n) is 12.2. The predicted molar refractivity (Wildman–Crippen MR) is 150 cm³/mol. The molecule has 0 bridgehead atoms. The lowest BCUT2D eigenvalue weighted by Crippen LogP contribution is -2.50. The van der Waals surface area contributed by atoms with Gasteiger partial charge in [-0.3, -0.25) is 14.5 Å². The first-order chi connectivity index (χ1) is 19.2. The Morgan fingerprint density at radius 1 is 1.20 bits per heavy atom. The summed E-state index contributed by atoms with van der Waals surface area (Å²) in [5.74, 6) is -1.81. The summed E-state index contributed by atoms with van der Waals surface area (Å²) in [6.45, 7) is 2.61. The van der Waals surface area contributed by atoms with Gasteiger partial charge in [-0.15, -0.1) is 0 Å². The first kappa shape index (κ1) is 28.9. The number of nitrogens with zero attached hydrogens (tertiary/aromatic N) is 6. The van der Waals surface area contributed by atoms with E-state index in [4.69, 9.17) is 15.0 Å². The Hall–Kier alpha value is -4.11. The highest BCUT2D eigenvalue weighted by Crippen LogP contribution is 2.29. The van der Waals surface area contributed by atoms with Crippen molar-refractivity contribution in [2.75, 3.05) is 55.7 Å². The van der Waals surface area contributed by atoms with Crippen molar-refractivity contribution in [2.24, 2.45) is 5.11 Å². The summed E-state index contributed by atoms with van der Waals surface area (Å²) in [6, 6.07) is 8.91. The molecule has 0 aliphatic carbocycles. The largest absolute Gasteiger partial charge is 0.452 e. The number of piperazine rings is 1. The Kier molecular flexibility index (Phi) is 9.26. The van der Waals surface area contributed by atoms with Gasteiger partial charge in [-0.05, 0) is 58.5 Å². The van der Waals surface area contributed by atoms with Crippen molar-refractivity contribution in [2.45, 2.75) is 13.0 Å². The van der Waals surface area contributed by atoms with Crippen LogP contribution in [0.15, 0.2) is 41.5 Å². The van der Waals surface area contributed by atoms with Crippen LogP contribution in [0.5, 0.6) is 0 Å². The molecule has 1 atom stereocenters. The maximum absolute atomic E-state index is 15.0. The van der Waals surface area contributed by atoms with Gasteiger partial charge in [0.2, 0.25) is 5.91 Å². The third kappa shape index (κ3) is 6.90. The maximum Gasteiger partial charge on any atom is 0.414 e. The Balaban J connectivity index is 1.28. The van der Waals surface area contributed by atoms with E-state index in [1.54, 1.807) is 21.9 Å². The molecule has 2 aromatic carbocycles. The lowest BCUT2D eigenvalue weighted by molar-refractivity contribution is -0.134. The predicted octanol–water partition coefficient (Wildman–Crippen LogP) is 3.34. The van der Waals surface area contributed by atoms with E-state index in [9.17, 15) is 19.2 Å². The number of ether oxygens (including phenoxy) is 2. The van der Waals surface area contributed by atoms with E-state index >= 15 is 4.39 Å². The van der Waals surface area contributed by atoms with Gasteiger partial charge in [0.25, 0.3) is 5.91 Å². The number of halogens is 2. The summed E-state index contributed by atoms with van der Waals surface area (Å²) in [5.41, 5.74) is 9.84.